The first-order valence-electron chi connectivity index (χ1n) is 10.1. The van der Waals surface area contributed by atoms with Gasteiger partial charge in [-0.05, 0) is 47.7 Å². The van der Waals surface area contributed by atoms with Crippen molar-refractivity contribution in [2.75, 3.05) is 0 Å². The van der Waals surface area contributed by atoms with E-state index in [9.17, 15) is 18.3 Å². The number of phenols is 1. The molecule has 2 rings (SSSR count). The lowest BCUT2D eigenvalue weighted by atomic mass is 9.81. The van der Waals surface area contributed by atoms with Gasteiger partial charge in [-0.25, -0.2) is 0 Å². The van der Waals surface area contributed by atoms with Crippen LogP contribution in [-0.2, 0) is 16.7 Å². The molecule has 1 N–H and O–H groups in total. The Kier molecular flexibility index (Phi) is 7.10. The highest BCUT2D eigenvalue weighted by Crippen LogP contribution is 2.53. The normalized spacial score (nSPS) is 15.1. The lowest BCUT2D eigenvalue weighted by Crippen LogP contribution is -2.27. The maximum absolute atomic E-state index is 13.6. The van der Waals surface area contributed by atoms with Gasteiger partial charge >= 0.3 is 6.18 Å². The maximum atomic E-state index is 13.6. The molecule has 2 aromatic carbocycles. The number of alkyl halides is 3. The Bertz CT molecular complexity index is 852. The SMILES string of the molecule is CCCC(CC)(Pc1ccccc1C(F)(F)F)c1cc(C(C)(C)C)cc(C)c1O. The Labute approximate surface area is 174 Å². The van der Waals surface area contributed by atoms with Crippen molar-refractivity contribution < 1.29 is 18.3 Å². The van der Waals surface area contributed by atoms with E-state index in [0.29, 0.717) is 18.1 Å². The van der Waals surface area contributed by atoms with Crippen molar-refractivity contribution in [3.05, 3.63) is 58.7 Å². The molecule has 0 aromatic heterocycles. The number of hydrogen-bond donors (Lipinski definition) is 1. The number of rotatable bonds is 6. The summed E-state index contributed by atoms with van der Waals surface area (Å²) in [5.74, 6) is 0.213. The molecule has 0 amide bonds. The number of hydrogen-bond acceptors (Lipinski definition) is 1. The van der Waals surface area contributed by atoms with Gasteiger partial charge in [0.2, 0.25) is 0 Å². The number of halogens is 3. The first-order chi connectivity index (χ1) is 13.4. The minimum atomic E-state index is -4.39. The summed E-state index contributed by atoms with van der Waals surface area (Å²) in [4.78, 5) is 0. The second-order valence-corrected chi connectivity index (χ2v) is 10.5. The fourth-order valence-corrected chi connectivity index (χ4v) is 5.75. The van der Waals surface area contributed by atoms with E-state index in [0.717, 1.165) is 29.2 Å². The molecule has 29 heavy (non-hydrogen) atoms. The summed E-state index contributed by atoms with van der Waals surface area (Å²) in [5, 5.41) is 10.7. The van der Waals surface area contributed by atoms with E-state index < -0.39 is 16.9 Å². The lowest BCUT2D eigenvalue weighted by Gasteiger charge is -2.36. The summed E-state index contributed by atoms with van der Waals surface area (Å²) < 4.78 is 40.9. The van der Waals surface area contributed by atoms with Crippen LogP contribution in [0.1, 0.15) is 76.1 Å². The molecule has 2 atom stereocenters. The Morgan fingerprint density at radius 1 is 0.966 bits per heavy atom. The second kappa shape index (κ2) is 8.68. The van der Waals surface area contributed by atoms with Crippen LogP contribution in [0.3, 0.4) is 0 Å². The van der Waals surface area contributed by atoms with E-state index in [2.05, 4.69) is 20.8 Å². The van der Waals surface area contributed by atoms with Crippen LogP contribution in [0, 0.1) is 6.92 Å². The summed E-state index contributed by atoms with van der Waals surface area (Å²) >= 11 is 0. The minimum Gasteiger partial charge on any atom is -0.507 e. The highest BCUT2D eigenvalue weighted by molar-refractivity contribution is 7.48. The minimum absolute atomic E-state index is 0.0850. The van der Waals surface area contributed by atoms with Gasteiger partial charge in [-0.1, -0.05) is 80.0 Å². The second-order valence-electron chi connectivity index (χ2n) is 8.79. The summed E-state index contributed by atoms with van der Waals surface area (Å²) in [7, 11) is -0.0850. The average Bonchev–Trinajstić information content (AvgIpc) is 2.62. The zero-order valence-corrected chi connectivity index (χ0v) is 19.2. The molecule has 0 heterocycles. The van der Waals surface area contributed by atoms with E-state index in [1.54, 1.807) is 12.1 Å². The molecule has 0 spiro atoms. The summed E-state index contributed by atoms with van der Waals surface area (Å²) in [6.07, 6.45) is -2.19. The van der Waals surface area contributed by atoms with Gasteiger partial charge in [0, 0.05) is 10.7 Å². The summed E-state index contributed by atoms with van der Waals surface area (Å²) in [6, 6.07) is 9.85. The van der Waals surface area contributed by atoms with Gasteiger partial charge in [0.15, 0.2) is 0 Å². The molecule has 160 valence electrons. The van der Waals surface area contributed by atoms with E-state index in [1.807, 2.05) is 32.9 Å². The molecule has 0 radical (unpaired) electrons. The molecule has 2 unspecified atom stereocenters. The zero-order valence-electron chi connectivity index (χ0n) is 18.2. The largest absolute Gasteiger partial charge is 0.507 e. The number of phenolic OH excluding ortho intramolecular Hbond substituents is 1. The van der Waals surface area contributed by atoms with Gasteiger partial charge in [-0.3, -0.25) is 0 Å². The van der Waals surface area contributed by atoms with Crippen molar-refractivity contribution in [3.8, 4) is 5.75 Å². The maximum Gasteiger partial charge on any atom is 0.417 e. The van der Waals surface area contributed by atoms with Crippen LogP contribution in [0.4, 0.5) is 13.2 Å². The molecule has 0 saturated heterocycles. The standard InChI is InChI=1S/C24H32F3OP/c1-7-13-23(8-2,29-20-12-10-9-11-18(20)24(25,26)27)19-15-17(22(4,5)6)14-16(3)21(19)28/h9-12,14-15,28-29H,7-8,13H2,1-6H3. The monoisotopic (exact) mass is 424 g/mol. The Balaban J connectivity index is 2.72. The van der Waals surface area contributed by atoms with Crippen molar-refractivity contribution >= 4 is 13.9 Å². The Hall–Kier alpha value is -1.54. The van der Waals surface area contributed by atoms with Gasteiger partial charge in [0.05, 0.1) is 5.56 Å². The third-order valence-electron chi connectivity index (χ3n) is 5.57. The molecule has 0 aliphatic carbocycles. The molecule has 0 bridgehead atoms. The molecule has 2 aromatic rings. The predicted molar refractivity (Wildman–Crippen MR) is 118 cm³/mol. The topological polar surface area (TPSA) is 20.2 Å². The number of aromatic hydroxyl groups is 1. The molecule has 0 aliphatic rings. The van der Waals surface area contributed by atoms with E-state index in [1.165, 1.54) is 6.07 Å². The first-order valence-corrected chi connectivity index (χ1v) is 11.1. The van der Waals surface area contributed by atoms with Crippen molar-refractivity contribution in [2.45, 2.75) is 77.6 Å². The van der Waals surface area contributed by atoms with Crippen molar-refractivity contribution in [3.63, 3.8) is 0 Å². The quantitative estimate of drug-likeness (QED) is 0.478. The third kappa shape index (κ3) is 5.15. The van der Waals surface area contributed by atoms with Crippen molar-refractivity contribution in [1.29, 1.82) is 0 Å². The number of aryl methyl sites for hydroxylation is 1. The van der Waals surface area contributed by atoms with Crippen LogP contribution >= 0.6 is 8.58 Å². The Morgan fingerprint density at radius 3 is 2.10 bits per heavy atom. The molecular weight excluding hydrogens is 392 g/mol. The van der Waals surface area contributed by atoms with Crippen molar-refractivity contribution in [1.82, 2.24) is 0 Å². The fourth-order valence-electron chi connectivity index (χ4n) is 3.82. The molecule has 0 fully saturated rings. The molecule has 5 heteroatoms. The van der Waals surface area contributed by atoms with E-state index >= 15 is 0 Å². The fraction of sp³-hybridized carbons (Fsp3) is 0.500. The van der Waals surface area contributed by atoms with Gasteiger partial charge in [-0.2, -0.15) is 13.2 Å². The van der Waals surface area contributed by atoms with Crippen LogP contribution in [0.5, 0.6) is 5.75 Å². The Morgan fingerprint density at radius 2 is 1.59 bits per heavy atom. The predicted octanol–water partition coefficient (Wildman–Crippen LogP) is 7.43. The first kappa shape index (κ1) is 23.7. The third-order valence-corrected chi connectivity index (χ3v) is 7.63. The van der Waals surface area contributed by atoms with Crippen LogP contribution in [0.2, 0.25) is 0 Å². The molecule has 0 aliphatic heterocycles. The van der Waals surface area contributed by atoms with Crippen LogP contribution in [0.25, 0.3) is 0 Å². The highest BCUT2D eigenvalue weighted by atomic mass is 31.1. The van der Waals surface area contributed by atoms with Crippen LogP contribution in [-0.4, -0.2) is 5.11 Å². The lowest BCUT2D eigenvalue weighted by molar-refractivity contribution is -0.136. The molecule has 0 saturated carbocycles. The molecular formula is C24H32F3OP. The van der Waals surface area contributed by atoms with Crippen LogP contribution < -0.4 is 5.30 Å². The van der Waals surface area contributed by atoms with Gasteiger partial charge in [0.25, 0.3) is 0 Å². The summed E-state index contributed by atoms with van der Waals surface area (Å²) in [6.45, 7) is 12.2. The zero-order chi connectivity index (χ0) is 22.0. The van der Waals surface area contributed by atoms with Gasteiger partial charge in [0.1, 0.15) is 5.75 Å². The van der Waals surface area contributed by atoms with E-state index in [-0.39, 0.29) is 19.7 Å². The van der Waals surface area contributed by atoms with Crippen molar-refractivity contribution in [2.24, 2.45) is 0 Å². The average molecular weight is 424 g/mol. The molecule has 1 nitrogen and oxygen atoms in total. The van der Waals surface area contributed by atoms with Gasteiger partial charge in [-0.15, -0.1) is 0 Å². The highest BCUT2D eigenvalue weighted by Gasteiger charge is 2.38. The van der Waals surface area contributed by atoms with Gasteiger partial charge < -0.3 is 5.11 Å². The summed E-state index contributed by atoms with van der Waals surface area (Å²) in [5.41, 5.74) is 1.95. The number of benzene rings is 2. The van der Waals surface area contributed by atoms with Crippen LogP contribution in [0.15, 0.2) is 36.4 Å². The van der Waals surface area contributed by atoms with E-state index in [4.69, 9.17) is 0 Å². The smallest absolute Gasteiger partial charge is 0.417 e.